The second kappa shape index (κ2) is 18.7. The number of aryl methyl sites for hydroxylation is 4. The Labute approximate surface area is 268 Å². The number of nitrogens with zero attached hydrogens (tertiary/aromatic N) is 2. The number of unbranched alkanes of at least 4 members (excludes halogenated alkanes) is 2. The van der Waals surface area contributed by atoms with Gasteiger partial charge < -0.3 is 20.4 Å². The summed E-state index contributed by atoms with van der Waals surface area (Å²) >= 11 is 0. The van der Waals surface area contributed by atoms with Crippen LogP contribution in [-0.4, -0.2) is 4.70 Å². The van der Waals surface area contributed by atoms with E-state index >= 15 is 0 Å². The van der Waals surface area contributed by atoms with Gasteiger partial charge >= 0.3 is 20.4 Å². The second-order valence-corrected chi connectivity index (χ2v) is 10.8. The summed E-state index contributed by atoms with van der Waals surface area (Å²) in [5.74, 6) is 0. The molecule has 1 heterocycles. The van der Waals surface area contributed by atoms with Crippen molar-refractivity contribution in [3.63, 3.8) is 0 Å². The zero-order valence-corrected chi connectivity index (χ0v) is 29.6. The van der Waals surface area contributed by atoms with E-state index in [9.17, 15) is 5.53 Å². The third kappa shape index (κ3) is 8.18. The summed E-state index contributed by atoms with van der Waals surface area (Å²) in [7, 11) is 0. The first-order valence-electron chi connectivity index (χ1n) is 15.7. The average Bonchev–Trinajstić information content (AvgIpc) is 3.23. The van der Waals surface area contributed by atoms with Crippen molar-refractivity contribution < 1.29 is 25.1 Å². The molecule has 3 heteroatoms. The van der Waals surface area contributed by atoms with Gasteiger partial charge in [-0.3, -0.25) is 0 Å². The van der Waals surface area contributed by atoms with E-state index in [0.717, 1.165) is 88.4 Å². The zero-order valence-electron chi connectivity index (χ0n) is 28.0. The van der Waals surface area contributed by atoms with E-state index in [1.165, 1.54) is 55.7 Å². The van der Waals surface area contributed by atoms with Gasteiger partial charge in [-0.2, -0.15) is 0 Å². The van der Waals surface area contributed by atoms with E-state index in [0.29, 0.717) is 0 Å². The van der Waals surface area contributed by atoms with Gasteiger partial charge in [0.05, 0.1) is 0 Å². The van der Waals surface area contributed by atoms with Crippen molar-refractivity contribution in [3.8, 4) is 0 Å². The zero-order chi connectivity index (χ0) is 27.8. The Morgan fingerprint density at radius 3 is 1.02 bits per heavy atom. The van der Waals surface area contributed by atoms with E-state index in [-0.39, 0.29) is 35.3 Å². The molecule has 41 heavy (non-hydrogen) atoms. The second-order valence-electron chi connectivity index (χ2n) is 10.8. The van der Waals surface area contributed by atoms with Crippen LogP contribution in [-0.2, 0) is 58.9 Å². The van der Waals surface area contributed by atoms with Gasteiger partial charge in [0.25, 0.3) is 0 Å². The van der Waals surface area contributed by atoms with Crippen molar-refractivity contribution >= 4 is 11.4 Å². The van der Waals surface area contributed by atoms with Gasteiger partial charge in [0.2, 0.25) is 11.4 Å². The number of hydrogen-bond donors (Lipinski definition) is 0. The molecule has 2 aromatic rings. The fraction of sp³-hybridized carbons (Fsp3) is 0.526. The number of rotatable bonds is 14. The molecule has 1 aliphatic rings. The SMILES string of the molecule is CCCCC1=C(c2cc(CC)c(CC)c(CC)c2)[N+](=[N-])C(c2cc(CC)c(CC)c(CC)c2)=C1CCCC.[CH3-].[CH3-].[Pd+2]. The summed E-state index contributed by atoms with van der Waals surface area (Å²) < 4.78 is 1.59. The molecule has 0 N–H and O–H groups in total. The van der Waals surface area contributed by atoms with Gasteiger partial charge in [-0.25, -0.2) is 4.70 Å². The van der Waals surface area contributed by atoms with Crippen LogP contribution < -0.4 is 0 Å². The summed E-state index contributed by atoms with van der Waals surface area (Å²) in [6.45, 7) is 18.1. The molecule has 0 radical (unpaired) electrons. The van der Waals surface area contributed by atoms with Gasteiger partial charge in [0.1, 0.15) is 0 Å². The summed E-state index contributed by atoms with van der Waals surface area (Å²) in [5.41, 5.74) is 28.0. The molecule has 0 atom stereocenters. The summed E-state index contributed by atoms with van der Waals surface area (Å²) in [6.07, 6.45) is 12.8. The quantitative estimate of drug-likeness (QED) is 0.111. The maximum Gasteiger partial charge on any atom is 2.00 e. The Kier molecular flexibility index (Phi) is 17.8. The van der Waals surface area contributed by atoms with Crippen LogP contribution in [0.3, 0.4) is 0 Å². The standard InChI is InChI=1S/C36H52N2.2CH3.Pd/c1-9-17-19-33-34(20-18-10-2)36(30-23-27(13-5)32(16-8)28(14-6)24-30)38(37)35(33)29-21-25(11-3)31(15-7)26(12-4)22-29;;;/h21-24H,9-20H2,1-8H3;2*1H3;/q;2*-1;+2. The summed E-state index contributed by atoms with van der Waals surface area (Å²) in [5, 5.41) is 0. The van der Waals surface area contributed by atoms with E-state index in [1.54, 1.807) is 4.70 Å². The number of hydrogen-bond acceptors (Lipinski definition) is 0. The van der Waals surface area contributed by atoms with Gasteiger partial charge in [0, 0.05) is 22.3 Å². The van der Waals surface area contributed by atoms with Crippen LogP contribution in [0.5, 0.6) is 0 Å². The van der Waals surface area contributed by atoms with Crippen molar-refractivity contribution in [2.24, 2.45) is 0 Å². The Morgan fingerprint density at radius 2 is 0.805 bits per heavy atom. The normalized spacial score (nSPS) is 12.8. The van der Waals surface area contributed by atoms with Gasteiger partial charge in [-0.05, 0) is 122 Å². The predicted molar refractivity (Wildman–Crippen MR) is 178 cm³/mol. The van der Waals surface area contributed by atoms with Crippen molar-refractivity contribution in [2.45, 2.75) is 132 Å². The Morgan fingerprint density at radius 1 is 0.512 bits per heavy atom. The fourth-order valence-electron chi connectivity index (χ4n) is 6.53. The molecule has 0 aromatic heterocycles. The molecule has 0 saturated heterocycles. The molecular formula is C38H58N2Pd. The third-order valence-electron chi connectivity index (χ3n) is 8.57. The van der Waals surface area contributed by atoms with Crippen molar-refractivity contribution in [1.82, 2.24) is 0 Å². The molecule has 2 nitrogen and oxygen atoms in total. The molecule has 0 unspecified atom stereocenters. The smallest absolute Gasteiger partial charge is 0.493 e. The van der Waals surface area contributed by atoms with Crippen LogP contribution in [0.25, 0.3) is 16.9 Å². The van der Waals surface area contributed by atoms with Crippen molar-refractivity contribution in [1.29, 1.82) is 0 Å². The molecule has 3 rings (SSSR count). The van der Waals surface area contributed by atoms with E-state index in [1.807, 2.05) is 0 Å². The van der Waals surface area contributed by atoms with Crippen LogP contribution in [0.2, 0.25) is 0 Å². The molecule has 0 fully saturated rings. The molecule has 0 saturated carbocycles. The Hall–Kier alpha value is -1.82. The van der Waals surface area contributed by atoms with Crippen LogP contribution in [0.4, 0.5) is 0 Å². The predicted octanol–water partition coefficient (Wildman–Crippen LogP) is 11.5. The molecule has 0 aliphatic carbocycles. The number of allylic oxidation sites excluding steroid dienone is 2. The minimum atomic E-state index is 0. The maximum atomic E-state index is 12.1. The van der Waals surface area contributed by atoms with Crippen LogP contribution in [0.15, 0.2) is 35.4 Å². The van der Waals surface area contributed by atoms with Crippen molar-refractivity contribution in [3.05, 3.63) is 100 Å². The van der Waals surface area contributed by atoms with Gasteiger partial charge in [-0.1, -0.05) is 68.2 Å². The summed E-state index contributed by atoms with van der Waals surface area (Å²) in [6, 6.07) is 9.49. The Balaban J connectivity index is 0.00000533. The molecule has 0 bridgehead atoms. The molecule has 0 spiro atoms. The maximum absolute atomic E-state index is 12.1. The molecule has 2 aromatic carbocycles. The van der Waals surface area contributed by atoms with Crippen molar-refractivity contribution in [2.75, 3.05) is 0 Å². The van der Waals surface area contributed by atoms with E-state index in [4.69, 9.17) is 0 Å². The molecule has 0 amide bonds. The van der Waals surface area contributed by atoms with Crippen LogP contribution in [0, 0.1) is 14.9 Å². The van der Waals surface area contributed by atoms with Gasteiger partial charge in [-0.15, -0.1) is 0 Å². The Bertz CT molecular complexity index is 1070. The van der Waals surface area contributed by atoms with Crippen LogP contribution in [0.1, 0.15) is 138 Å². The fourth-order valence-corrected chi connectivity index (χ4v) is 6.53. The number of benzene rings is 2. The minimum Gasteiger partial charge on any atom is -0.493 e. The minimum absolute atomic E-state index is 0. The largest absolute Gasteiger partial charge is 2.00 e. The van der Waals surface area contributed by atoms with Crippen LogP contribution >= 0.6 is 0 Å². The van der Waals surface area contributed by atoms with E-state index in [2.05, 4.69) is 79.7 Å². The first-order chi connectivity index (χ1) is 18.4. The topological polar surface area (TPSA) is 25.3 Å². The van der Waals surface area contributed by atoms with E-state index < -0.39 is 0 Å². The first-order valence-corrected chi connectivity index (χ1v) is 15.7. The molecule has 230 valence electrons. The average molecular weight is 649 g/mol. The first kappa shape index (κ1) is 39.2. The molecular weight excluding hydrogens is 591 g/mol. The molecule has 1 aliphatic heterocycles. The summed E-state index contributed by atoms with van der Waals surface area (Å²) in [4.78, 5) is 0. The van der Waals surface area contributed by atoms with Gasteiger partial charge in [0.15, 0.2) is 0 Å². The third-order valence-corrected chi connectivity index (χ3v) is 8.57. The monoisotopic (exact) mass is 648 g/mol.